The van der Waals surface area contributed by atoms with Crippen molar-refractivity contribution < 1.29 is 9.13 Å². The van der Waals surface area contributed by atoms with Gasteiger partial charge in [0.2, 0.25) is 0 Å². The summed E-state index contributed by atoms with van der Waals surface area (Å²) >= 11 is 0. The van der Waals surface area contributed by atoms with Crippen molar-refractivity contribution in [2.45, 2.75) is 52.2 Å². The number of para-hydroxylation sites is 1. The van der Waals surface area contributed by atoms with Gasteiger partial charge in [-0.15, -0.1) is 0 Å². The van der Waals surface area contributed by atoms with E-state index >= 15 is 0 Å². The number of hydrogen-bond donors (Lipinski definition) is 1. The Balaban J connectivity index is 2.33. The SMILES string of the molecule is CC(C)(C)NCc1cccc(F)c1N1CCOCC1(C)C. The van der Waals surface area contributed by atoms with E-state index < -0.39 is 0 Å². The van der Waals surface area contributed by atoms with Crippen molar-refractivity contribution in [3.05, 3.63) is 29.6 Å². The van der Waals surface area contributed by atoms with Gasteiger partial charge < -0.3 is 15.0 Å². The molecule has 0 bridgehead atoms. The minimum absolute atomic E-state index is 0.00408. The molecule has 1 aliphatic heterocycles. The molecule has 1 aromatic rings. The summed E-state index contributed by atoms with van der Waals surface area (Å²) < 4.78 is 20.0. The molecule has 4 heteroatoms. The molecule has 118 valence electrons. The molecule has 0 saturated carbocycles. The smallest absolute Gasteiger partial charge is 0.146 e. The number of benzene rings is 1. The third-order valence-corrected chi connectivity index (χ3v) is 3.79. The van der Waals surface area contributed by atoms with Crippen molar-refractivity contribution in [1.29, 1.82) is 0 Å². The molecule has 3 nitrogen and oxygen atoms in total. The fourth-order valence-electron chi connectivity index (χ4n) is 2.64. The molecule has 1 aromatic carbocycles. The van der Waals surface area contributed by atoms with Gasteiger partial charge in [-0.2, -0.15) is 0 Å². The van der Waals surface area contributed by atoms with Gasteiger partial charge in [0.1, 0.15) is 5.82 Å². The van der Waals surface area contributed by atoms with Crippen LogP contribution in [-0.4, -0.2) is 30.8 Å². The van der Waals surface area contributed by atoms with Crippen LogP contribution in [-0.2, 0) is 11.3 Å². The first kappa shape index (κ1) is 16.2. The van der Waals surface area contributed by atoms with Crippen LogP contribution in [0.5, 0.6) is 0 Å². The van der Waals surface area contributed by atoms with Crippen LogP contribution < -0.4 is 10.2 Å². The second-order valence-corrected chi connectivity index (χ2v) is 7.37. The average molecular weight is 294 g/mol. The molecule has 1 N–H and O–H groups in total. The van der Waals surface area contributed by atoms with Gasteiger partial charge in [-0.3, -0.25) is 0 Å². The number of ether oxygens (including phenoxy) is 1. The molecule has 0 spiro atoms. The van der Waals surface area contributed by atoms with Gasteiger partial charge in [-0.25, -0.2) is 4.39 Å². The van der Waals surface area contributed by atoms with E-state index in [0.717, 1.165) is 12.1 Å². The lowest BCUT2D eigenvalue weighted by atomic mass is 9.99. The number of rotatable bonds is 3. The van der Waals surface area contributed by atoms with Crippen LogP contribution in [0, 0.1) is 5.82 Å². The molecular formula is C17H27FN2O. The highest BCUT2D eigenvalue weighted by atomic mass is 19.1. The van der Waals surface area contributed by atoms with E-state index in [-0.39, 0.29) is 16.9 Å². The molecule has 0 radical (unpaired) electrons. The van der Waals surface area contributed by atoms with Gasteiger partial charge in [-0.05, 0) is 46.2 Å². The molecule has 21 heavy (non-hydrogen) atoms. The quantitative estimate of drug-likeness (QED) is 0.925. The fourth-order valence-corrected chi connectivity index (χ4v) is 2.64. The maximum Gasteiger partial charge on any atom is 0.146 e. The first-order valence-corrected chi connectivity index (χ1v) is 7.58. The molecule has 1 aliphatic rings. The summed E-state index contributed by atoms with van der Waals surface area (Å²) in [6.45, 7) is 13.2. The van der Waals surface area contributed by atoms with Crippen molar-refractivity contribution in [1.82, 2.24) is 5.32 Å². The lowest BCUT2D eigenvalue weighted by Crippen LogP contribution is -2.54. The maximum atomic E-state index is 14.5. The lowest BCUT2D eigenvalue weighted by molar-refractivity contribution is 0.0638. The summed E-state index contributed by atoms with van der Waals surface area (Å²) in [6, 6.07) is 5.33. The Morgan fingerprint density at radius 2 is 2.05 bits per heavy atom. The Kier molecular flexibility index (Phi) is 4.59. The summed E-state index contributed by atoms with van der Waals surface area (Å²) in [5, 5.41) is 3.45. The van der Waals surface area contributed by atoms with Crippen LogP contribution in [0.25, 0.3) is 0 Å². The van der Waals surface area contributed by atoms with Crippen LogP contribution in [0.3, 0.4) is 0 Å². The second kappa shape index (κ2) is 5.93. The van der Waals surface area contributed by atoms with E-state index in [1.165, 1.54) is 0 Å². The molecule has 0 unspecified atom stereocenters. The van der Waals surface area contributed by atoms with E-state index in [9.17, 15) is 4.39 Å². The van der Waals surface area contributed by atoms with Crippen LogP contribution in [0.15, 0.2) is 18.2 Å². The number of hydrogen-bond acceptors (Lipinski definition) is 3. The Hall–Kier alpha value is -1.13. The van der Waals surface area contributed by atoms with Crippen molar-refractivity contribution >= 4 is 5.69 Å². The Labute approximate surface area is 127 Å². The summed E-state index contributed by atoms with van der Waals surface area (Å²) in [5.41, 5.74) is 1.52. The van der Waals surface area contributed by atoms with E-state index in [0.29, 0.717) is 25.4 Å². The standard InChI is InChI=1S/C17H27FN2O/c1-16(2,3)19-11-13-7-6-8-14(18)15(13)20-9-10-21-12-17(20,4)5/h6-8,19H,9-12H2,1-5H3. The molecular weight excluding hydrogens is 267 g/mol. The zero-order chi connectivity index (χ0) is 15.7. The third kappa shape index (κ3) is 3.95. The van der Waals surface area contributed by atoms with Gasteiger partial charge >= 0.3 is 0 Å². The Bertz CT molecular complexity index is 494. The number of halogens is 1. The topological polar surface area (TPSA) is 24.5 Å². The van der Waals surface area contributed by atoms with Crippen molar-refractivity contribution in [2.75, 3.05) is 24.7 Å². The first-order chi connectivity index (χ1) is 9.71. The molecule has 0 atom stereocenters. The maximum absolute atomic E-state index is 14.5. The molecule has 1 fully saturated rings. The molecule has 0 aromatic heterocycles. The zero-order valence-corrected chi connectivity index (χ0v) is 13.8. The largest absolute Gasteiger partial charge is 0.377 e. The van der Waals surface area contributed by atoms with E-state index in [4.69, 9.17) is 4.74 Å². The number of anilines is 1. The van der Waals surface area contributed by atoms with Crippen LogP contribution in [0.2, 0.25) is 0 Å². The number of morpholine rings is 1. The van der Waals surface area contributed by atoms with Gasteiger partial charge in [0, 0.05) is 18.6 Å². The van der Waals surface area contributed by atoms with Crippen molar-refractivity contribution in [2.24, 2.45) is 0 Å². The number of nitrogens with one attached hydrogen (secondary N) is 1. The van der Waals surface area contributed by atoms with Crippen LogP contribution in [0.1, 0.15) is 40.2 Å². The first-order valence-electron chi connectivity index (χ1n) is 7.58. The molecule has 0 aliphatic carbocycles. The zero-order valence-electron chi connectivity index (χ0n) is 13.8. The Morgan fingerprint density at radius 3 is 2.67 bits per heavy atom. The summed E-state index contributed by atoms with van der Waals surface area (Å²) in [4.78, 5) is 2.14. The van der Waals surface area contributed by atoms with Crippen LogP contribution in [0.4, 0.5) is 10.1 Å². The second-order valence-electron chi connectivity index (χ2n) is 7.37. The highest BCUT2D eigenvalue weighted by Crippen LogP contribution is 2.32. The normalized spacial score (nSPS) is 18.9. The monoisotopic (exact) mass is 294 g/mol. The molecule has 1 heterocycles. The number of nitrogens with zero attached hydrogens (tertiary/aromatic N) is 1. The fraction of sp³-hybridized carbons (Fsp3) is 0.647. The minimum Gasteiger partial charge on any atom is -0.377 e. The van der Waals surface area contributed by atoms with Gasteiger partial charge in [0.05, 0.1) is 24.4 Å². The molecule has 1 saturated heterocycles. The summed E-state index contributed by atoms with van der Waals surface area (Å²) in [7, 11) is 0. The lowest BCUT2D eigenvalue weighted by Gasteiger charge is -2.44. The van der Waals surface area contributed by atoms with Gasteiger partial charge in [-0.1, -0.05) is 12.1 Å². The van der Waals surface area contributed by atoms with Crippen molar-refractivity contribution in [3.8, 4) is 0 Å². The van der Waals surface area contributed by atoms with Gasteiger partial charge in [0.25, 0.3) is 0 Å². The van der Waals surface area contributed by atoms with E-state index in [1.807, 2.05) is 6.07 Å². The van der Waals surface area contributed by atoms with E-state index in [2.05, 4.69) is 44.8 Å². The third-order valence-electron chi connectivity index (χ3n) is 3.79. The van der Waals surface area contributed by atoms with Crippen molar-refractivity contribution in [3.63, 3.8) is 0 Å². The molecule has 2 rings (SSSR count). The predicted octanol–water partition coefficient (Wildman–Crippen LogP) is 3.33. The van der Waals surface area contributed by atoms with Gasteiger partial charge in [0.15, 0.2) is 0 Å². The summed E-state index contributed by atoms with van der Waals surface area (Å²) in [5.74, 6) is -0.154. The minimum atomic E-state index is -0.197. The predicted molar refractivity (Wildman–Crippen MR) is 85.2 cm³/mol. The highest BCUT2D eigenvalue weighted by molar-refractivity contribution is 5.57. The average Bonchev–Trinajstić information content (AvgIpc) is 2.36. The van der Waals surface area contributed by atoms with Crippen LogP contribution >= 0.6 is 0 Å². The summed E-state index contributed by atoms with van der Waals surface area (Å²) in [6.07, 6.45) is 0. The highest BCUT2D eigenvalue weighted by Gasteiger charge is 2.33. The molecule has 0 amide bonds. The van der Waals surface area contributed by atoms with E-state index in [1.54, 1.807) is 12.1 Å². The Morgan fingerprint density at radius 1 is 1.33 bits per heavy atom.